The van der Waals surface area contributed by atoms with Gasteiger partial charge in [0.15, 0.2) is 11.5 Å². The van der Waals surface area contributed by atoms with Gasteiger partial charge in [0.25, 0.3) is 11.8 Å². The van der Waals surface area contributed by atoms with E-state index in [0.29, 0.717) is 4.90 Å². The van der Waals surface area contributed by atoms with Crippen LogP contribution in [0.15, 0.2) is 30.3 Å². The van der Waals surface area contributed by atoms with E-state index in [0.717, 1.165) is 25.3 Å². The average Bonchev–Trinajstić information content (AvgIpc) is 2.95. The van der Waals surface area contributed by atoms with Gasteiger partial charge < -0.3 is 14.8 Å². The third kappa shape index (κ3) is 4.98. The molecule has 11 heteroatoms. The molecule has 1 atom stereocenters. The molecule has 1 aliphatic rings. The van der Waals surface area contributed by atoms with Gasteiger partial charge in [-0.1, -0.05) is 6.07 Å². The van der Waals surface area contributed by atoms with Crippen LogP contribution in [0.3, 0.4) is 0 Å². The molecule has 0 saturated heterocycles. The molecule has 3 rings (SSSR count). The summed E-state index contributed by atoms with van der Waals surface area (Å²) in [6.45, 7) is 2.87. The summed E-state index contributed by atoms with van der Waals surface area (Å²) < 4.78 is 71.1. The van der Waals surface area contributed by atoms with Crippen LogP contribution in [0.2, 0.25) is 0 Å². The Morgan fingerprint density at radius 2 is 1.94 bits per heavy atom. The van der Waals surface area contributed by atoms with E-state index in [1.54, 1.807) is 6.92 Å². The quantitative estimate of drug-likeness (QED) is 0.576. The fraction of sp³-hybridized carbons (Fsp3) is 0.318. The van der Waals surface area contributed by atoms with Gasteiger partial charge in [-0.2, -0.15) is 0 Å². The lowest BCUT2D eigenvalue weighted by atomic mass is 10.1. The number of carbonyl (C=O) groups is 3. The summed E-state index contributed by atoms with van der Waals surface area (Å²) >= 11 is 0. The Morgan fingerprint density at radius 3 is 2.55 bits per heavy atom. The van der Waals surface area contributed by atoms with Crippen molar-refractivity contribution < 1.29 is 40.8 Å². The molecule has 0 aromatic heterocycles. The van der Waals surface area contributed by atoms with Crippen LogP contribution in [0.1, 0.15) is 50.3 Å². The molecule has 2 aromatic carbocycles. The second kappa shape index (κ2) is 9.18. The summed E-state index contributed by atoms with van der Waals surface area (Å²) in [7, 11) is -6.60. The number of hydrogen-bond acceptors (Lipinski definition) is 7. The third-order valence-electron chi connectivity index (χ3n) is 4.83. The molecule has 2 aromatic rings. The molecule has 9 nitrogen and oxygen atoms in total. The van der Waals surface area contributed by atoms with E-state index in [2.05, 4.69) is 5.32 Å². The summed E-state index contributed by atoms with van der Waals surface area (Å²) in [6.07, 6.45) is 0.913. The molecule has 0 aliphatic carbocycles. The van der Waals surface area contributed by atoms with Crippen molar-refractivity contribution >= 4 is 33.2 Å². The van der Waals surface area contributed by atoms with E-state index in [9.17, 15) is 27.2 Å². The predicted octanol–water partition coefficient (Wildman–Crippen LogP) is 2.57. The molecule has 0 spiro atoms. The molecule has 0 fully saturated rings. The molecule has 0 bridgehead atoms. The normalized spacial score (nSPS) is 15.9. The lowest BCUT2D eigenvalue weighted by molar-refractivity contribution is -0.114. The number of nitrogens with one attached hydrogen (secondary N) is 1. The summed E-state index contributed by atoms with van der Waals surface area (Å²) in [5.74, 6) is -4.29. The van der Waals surface area contributed by atoms with Gasteiger partial charge in [0.2, 0.25) is 5.91 Å². The lowest BCUT2D eigenvalue weighted by Crippen LogP contribution is -2.37. The molecule has 1 N–H and O–H groups in total. The first-order chi connectivity index (χ1) is 16.6. The van der Waals surface area contributed by atoms with Crippen LogP contribution >= 0.6 is 0 Å². The Morgan fingerprint density at radius 1 is 1.21 bits per heavy atom. The van der Waals surface area contributed by atoms with E-state index < -0.39 is 52.2 Å². The Hall–Kier alpha value is -3.47. The van der Waals surface area contributed by atoms with Crippen LogP contribution in [-0.2, 0) is 14.6 Å². The monoisotopic (exact) mass is 481 g/mol. The van der Waals surface area contributed by atoms with Crippen LogP contribution in [0.25, 0.3) is 0 Å². The zero-order valence-electron chi connectivity index (χ0n) is 21.0. The first-order valence-electron chi connectivity index (χ1n) is 11.2. The van der Waals surface area contributed by atoms with Gasteiger partial charge >= 0.3 is 0 Å². The number of imide groups is 1. The summed E-state index contributed by atoms with van der Waals surface area (Å²) in [5, 5.41) is 2.31. The summed E-state index contributed by atoms with van der Waals surface area (Å²) in [6, 6.07) is 4.13. The van der Waals surface area contributed by atoms with E-state index in [-0.39, 0.29) is 40.5 Å². The molecule has 3 amide bonds. The maximum Gasteiger partial charge on any atom is 0.264 e. The highest BCUT2D eigenvalue weighted by molar-refractivity contribution is 7.90. The van der Waals surface area contributed by atoms with Crippen LogP contribution in [0.5, 0.6) is 11.5 Å². The van der Waals surface area contributed by atoms with Crippen molar-refractivity contribution in [3.05, 3.63) is 52.8 Å². The van der Waals surface area contributed by atoms with Crippen LogP contribution in [-0.4, -0.2) is 56.7 Å². The number of nitrogens with zero attached hydrogens (tertiary/aromatic N) is 1. The predicted molar refractivity (Wildman–Crippen MR) is 118 cm³/mol. The van der Waals surface area contributed by atoms with Gasteiger partial charge in [-0.15, -0.1) is 0 Å². The SMILES string of the molecule is [2H]C([2H])([2H])Oc1ccc([C@H](CS(C)(=O)=O)N2C(=O)c3cc(F)cc(NC(C)=O)c3C2=O)cc1OCC. The summed E-state index contributed by atoms with van der Waals surface area (Å²) in [4.78, 5) is 38.9. The van der Waals surface area contributed by atoms with E-state index in [1.807, 2.05) is 0 Å². The molecule has 33 heavy (non-hydrogen) atoms. The lowest BCUT2D eigenvalue weighted by Gasteiger charge is -2.27. The second-order valence-electron chi connectivity index (χ2n) is 7.39. The van der Waals surface area contributed by atoms with Gasteiger partial charge in [0.1, 0.15) is 15.7 Å². The highest BCUT2D eigenvalue weighted by Gasteiger charge is 2.44. The van der Waals surface area contributed by atoms with E-state index in [4.69, 9.17) is 13.6 Å². The smallest absolute Gasteiger partial charge is 0.264 e. The number of carbonyl (C=O) groups excluding carboxylic acids is 3. The van der Waals surface area contributed by atoms with E-state index >= 15 is 0 Å². The third-order valence-corrected chi connectivity index (χ3v) is 5.75. The van der Waals surface area contributed by atoms with Gasteiger partial charge in [0.05, 0.1) is 46.4 Å². The number of methoxy groups -OCH3 is 1. The highest BCUT2D eigenvalue weighted by Crippen LogP contribution is 2.39. The number of sulfone groups is 1. The van der Waals surface area contributed by atoms with E-state index in [1.165, 1.54) is 18.2 Å². The number of amides is 3. The first-order valence-corrected chi connectivity index (χ1v) is 11.8. The molecule has 176 valence electrons. The number of ether oxygens (including phenoxy) is 2. The maximum absolute atomic E-state index is 14.2. The molecule has 0 radical (unpaired) electrons. The topological polar surface area (TPSA) is 119 Å². The average molecular weight is 482 g/mol. The van der Waals surface area contributed by atoms with Gasteiger partial charge in [-0.25, -0.2) is 12.8 Å². The Bertz CT molecular complexity index is 1350. The number of rotatable bonds is 8. The maximum atomic E-state index is 14.2. The minimum atomic E-state index is -3.80. The molecule has 0 saturated carbocycles. The number of fused-ring (bicyclic) bond motifs is 1. The largest absolute Gasteiger partial charge is 0.493 e. The Labute approximate surface area is 194 Å². The Balaban J connectivity index is 2.15. The van der Waals surface area contributed by atoms with Gasteiger partial charge in [0, 0.05) is 13.2 Å². The van der Waals surface area contributed by atoms with Crippen molar-refractivity contribution in [3.8, 4) is 11.5 Å². The standard InChI is InChI=1S/C22H23FN2O7S/c1-5-32-19-8-13(6-7-18(19)31-3)17(11-33(4,29)30)25-21(27)15-9-14(23)10-16(24-12(2)26)20(15)22(25)28/h6-10,17H,5,11H2,1-4H3,(H,24,26)/t17-/m0/s1/i3D3. The number of halogens is 1. The van der Waals surface area contributed by atoms with Gasteiger partial charge in [-0.05, 0) is 36.8 Å². The molecule has 1 heterocycles. The minimum Gasteiger partial charge on any atom is -0.493 e. The minimum absolute atomic E-state index is 0.0498. The zero-order chi connectivity index (χ0) is 27.0. The highest BCUT2D eigenvalue weighted by atomic mass is 32.2. The molecular weight excluding hydrogens is 455 g/mol. The second-order valence-corrected chi connectivity index (χ2v) is 9.57. The number of anilines is 1. The van der Waals surface area contributed by atoms with Crippen molar-refractivity contribution in [2.75, 3.05) is 31.0 Å². The van der Waals surface area contributed by atoms with Crippen molar-refractivity contribution in [1.82, 2.24) is 4.90 Å². The van der Waals surface area contributed by atoms with Gasteiger partial charge in [-0.3, -0.25) is 19.3 Å². The fourth-order valence-corrected chi connectivity index (χ4v) is 4.53. The van der Waals surface area contributed by atoms with Crippen LogP contribution < -0.4 is 14.8 Å². The fourth-order valence-electron chi connectivity index (χ4n) is 3.61. The molecule has 1 aliphatic heterocycles. The Kier molecular flexibility index (Phi) is 5.61. The van der Waals surface area contributed by atoms with Crippen molar-refractivity contribution in [1.29, 1.82) is 0 Å². The summed E-state index contributed by atoms with van der Waals surface area (Å²) in [5.41, 5.74) is -0.720. The van der Waals surface area contributed by atoms with Crippen molar-refractivity contribution in [3.63, 3.8) is 0 Å². The molecule has 0 unspecified atom stereocenters. The van der Waals surface area contributed by atoms with Crippen molar-refractivity contribution in [2.24, 2.45) is 0 Å². The van der Waals surface area contributed by atoms with Crippen molar-refractivity contribution in [2.45, 2.75) is 19.9 Å². The van der Waals surface area contributed by atoms with Crippen LogP contribution in [0.4, 0.5) is 10.1 Å². The first kappa shape index (κ1) is 20.2. The van der Waals surface area contributed by atoms with Crippen LogP contribution in [0, 0.1) is 5.82 Å². The molecular formula is C22H23FN2O7S. The number of benzene rings is 2. The zero-order valence-corrected chi connectivity index (χ0v) is 18.8. The number of hydrogen-bond donors (Lipinski definition) is 1.